The molecule has 3 rings (SSSR count). The van der Waals surface area contributed by atoms with E-state index in [1.807, 2.05) is 10.9 Å². The van der Waals surface area contributed by atoms with Crippen LogP contribution >= 0.6 is 0 Å². The minimum Gasteiger partial charge on any atom is -0.463 e. The van der Waals surface area contributed by atoms with E-state index in [9.17, 15) is 27.9 Å². The van der Waals surface area contributed by atoms with Crippen LogP contribution in [0.15, 0.2) is 45.2 Å². The first-order chi connectivity index (χ1) is 13.5. The summed E-state index contributed by atoms with van der Waals surface area (Å²) in [6.45, 7) is 3.03. The molecule has 0 bridgehead atoms. The number of hydrogen-bond donors (Lipinski definition) is 3. The summed E-state index contributed by atoms with van der Waals surface area (Å²) in [5.41, 5.74) is 1.25. The molecule has 0 aliphatic rings. The zero-order valence-corrected chi connectivity index (χ0v) is 15.4. The Balaban J connectivity index is 1.72. The van der Waals surface area contributed by atoms with Crippen LogP contribution in [0.3, 0.4) is 0 Å². The summed E-state index contributed by atoms with van der Waals surface area (Å²) in [5.74, 6) is -2.91. The third kappa shape index (κ3) is 3.83. The van der Waals surface area contributed by atoms with Gasteiger partial charge in [-0.3, -0.25) is 20.4 Å². The number of furan rings is 2. The molecule has 1 atom stereocenters. The molecule has 2 aromatic heterocycles. The summed E-state index contributed by atoms with van der Waals surface area (Å²) in [6.07, 6.45) is -6.60. The van der Waals surface area contributed by atoms with Gasteiger partial charge < -0.3 is 13.9 Å². The van der Waals surface area contributed by atoms with Crippen LogP contribution in [0, 0.1) is 13.8 Å². The molecule has 2 amide bonds. The lowest BCUT2D eigenvalue weighted by molar-refractivity contribution is -0.273. The molecule has 0 saturated carbocycles. The maximum absolute atomic E-state index is 13.4. The van der Waals surface area contributed by atoms with E-state index in [-0.39, 0.29) is 11.5 Å². The second-order valence-corrected chi connectivity index (χ2v) is 6.50. The summed E-state index contributed by atoms with van der Waals surface area (Å²) in [4.78, 5) is 24.3. The summed E-state index contributed by atoms with van der Waals surface area (Å²) >= 11 is 0. The van der Waals surface area contributed by atoms with Gasteiger partial charge in [0.2, 0.25) is 11.5 Å². The largest absolute Gasteiger partial charge is 0.463 e. The predicted molar refractivity (Wildman–Crippen MR) is 94.6 cm³/mol. The number of aryl methyl sites for hydroxylation is 2. The number of fused-ring (bicyclic) bond motifs is 1. The van der Waals surface area contributed by atoms with E-state index >= 15 is 0 Å². The molecule has 10 heteroatoms. The van der Waals surface area contributed by atoms with E-state index in [1.165, 1.54) is 13.0 Å². The fraction of sp³-hybridized carbons (Fsp3) is 0.263. The average molecular weight is 410 g/mol. The van der Waals surface area contributed by atoms with E-state index in [0.717, 1.165) is 6.07 Å². The lowest BCUT2D eigenvalue weighted by Crippen LogP contribution is -2.49. The topological polar surface area (TPSA) is 105 Å². The third-order valence-electron chi connectivity index (χ3n) is 4.40. The number of nitrogens with one attached hydrogen (secondary N) is 2. The Morgan fingerprint density at radius 3 is 2.31 bits per heavy atom. The molecule has 3 aromatic rings. The SMILES string of the molecule is Cc1ccc(C(O)(CC(=O)NNC(=O)c2oc3ccccc3c2C)C(F)(F)F)o1. The van der Waals surface area contributed by atoms with Gasteiger partial charge in [0.05, 0.1) is 6.42 Å². The fourth-order valence-electron chi connectivity index (χ4n) is 2.83. The Kier molecular flexibility index (Phi) is 5.14. The summed E-state index contributed by atoms with van der Waals surface area (Å²) in [7, 11) is 0. The highest BCUT2D eigenvalue weighted by atomic mass is 19.4. The minimum atomic E-state index is -5.19. The molecule has 0 fully saturated rings. The first-order valence-electron chi connectivity index (χ1n) is 8.46. The highest BCUT2D eigenvalue weighted by Gasteiger charge is 2.58. The number of halogens is 3. The van der Waals surface area contributed by atoms with Gasteiger partial charge in [-0.25, -0.2) is 0 Å². The standard InChI is InChI=1S/C19H17F3N2O5/c1-10-7-8-14(28-10)18(27,19(20,21)22)9-15(25)23-24-17(26)16-11(2)12-5-3-4-6-13(12)29-16/h3-8,27H,9H2,1-2H3,(H,23,25)(H,24,26). The van der Waals surface area contributed by atoms with Gasteiger partial charge in [0, 0.05) is 10.9 Å². The van der Waals surface area contributed by atoms with Gasteiger partial charge in [-0.05, 0) is 32.0 Å². The molecule has 0 aliphatic heterocycles. The second kappa shape index (κ2) is 7.28. The molecule has 1 unspecified atom stereocenters. The second-order valence-electron chi connectivity index (χ2n) is 6.50. The number of rotatable bonds is 4. The molecule has 2 heterocycles. The van der Waals surface area contributed by atoms with E-state index in [4.69, 9.17) is 8.83 Å². The van der Waals surface area contributed by atoms with E-state index in [1.54, 1.807) is 31.2 Å². The van der Waals surface area contributed by atoms with Crippen molar-refractivity contribution in [1.29, 1.82) is 0 Å². The van der Waals surface area contributed by atoms with Crippen LogP contribution < -0.4 is 10.9 Å². The van der Waals surface area contributed by atoms with Crippen molar-refractivity contribution in [1.82, 2.24) is 10.9 Å². The van der Waals surface area contributed by atoms with Gasteiger partial charge in [-0.15, -0.1) is 0 Å². The molecule has 0 saturated heterocycles. The number of hydrogen-bond acceptors (Lipinski definition) is 5. The zero-order chi connectivity index (χ0) is 21.4. The monoisotopic (exact) mass is 410 g/mol. The van der Waals surface area contributed by atoms with Crippen molar-refractivity contribution in [3.05, 3.63) is 59.2 Å². The van der Waals surface area contributed by atoms with Gasteiger partial charge in [0.25, 0.3) is 0 Å². The number of carbonyl (C=O) groups excluding carboxylic acids is 2. The number of benzene rings is 1. The Bertz CT molecular complexity index is 1070. The van der Waals surface area contributed by atoms with Crippen molar-refractivity contribution in [2.24, 2.45) is 0 Å². The number of aliphatic hydroxyl groups is 1. The van der Waals surface area contributed by atoms with Crippen LogP contribution in [0.2, 0.25) is 0 Å². The first-order valence-corrected chi connectivity index (χ1v) is 8.46. The molecule has 29 heavy (non-hydrogen) atoms. The van der Waals surface area contributed by atoms with Crippen LogP contribution in [0.25, 0.3) is 11.0 Å². The zero-order valence-electron chi connectivity index (χ0n) is 15.4. The van der Waals surface area contributed by atoms with E-state index < -0.39 is 35.8 Å². The fourth-order valence-corrected chi connectivity index (χ4v) is 2.83. The molecule has 0 radical (unpaired) electrons. The molecular formula is C19H17F3N2O5. The van der Waals surface area contributed by atoms with Crippen LogP contribution in [0.5, 0.6) is 0 Å². The Labute approximate surface area is 162 Å². The molecule has 154 valence electrons. The van der Waals surface area contributed by atoms with Crippen molar-refractivity contribution in [3.8, 4) is 0 Å². The molecule has 0 spiro atoms. The van der Waals surface area contributed by atoms with Crippen LogP contribution in [-0.4, -0.2) is 23.1 Å². The van der Waals surface area contributed by atoms with E-state index in [0.29, 0.717) is 16.5 Å². The number of hydrazine groups is 1. The molecule has 7 nitrogen and oxygen atoms in total. The normalized spacial score (nSPS) is 13.9. The predicted octanol–water partition coefficient (Wildman–Crippen LogP) is 3.24. The smallest absolute Gasteiger partial charge is 0.425 e. The molecule has 3 N–H and O–H groups in total. The van der Waals surface area contributed by atoms with Crippen LogP contribution in [0.4, 0.5) is 13.2 Å². The molecular weight excluding hydrogens is 393 g/mol. The third-order valence-corrected chi connectivity index (χ3v) is 4.40. The Morgan fingerprint density at radius 1 is 1.03 bits per heavy atom. The van der Waals surface area contributed by atoms with Gasteiger partial charge in [0.1, 0.15) is 17.1 Å². The van der Waals surface area contributed by atoms with Gasteiger partial charge in [0.15, 0.2) is 5.76 Å². The number of alkyl halides is 3. The average Bonchev–Trinajstić information content (AvgIpc) is 3.23. The van der Waals surface area contributed by atoms with Crippen molar-refractivity contribution in [2.45, 2.75) is 32.0 Å². The first kappa shape index (κ1) is 20.5. The minimum absolute atomic E-state index is 0.0979. The Morgan fingerprint density at radius 2 is 1.72 bits per heavy atom. The van der Waals surface area contributed by atoms with E-state index in [2.05, 4.69) is 0 Å². The molecule has 0 aliphatic carbocycles. The number of carbonyl (C=O) groups is 2. The van der Waals surface area contributed by atoms with Crippen molar-refractivity contribution in [3.63, 3.8) is 0 Å². The number of para-hydroxylation sites is 1. The van der Waals surface area contributed by atoms with Crippen molar-refractivity contribution in [2.75, 3.05) is 0 Å². The summed E-state index contributed by atoms with van der Waals surface area (Å²) in [6, 6.07) is 9.01. The summed E-state index contributed by atoms with van der Waals surface area (Å²) in [5, 5.41) is 10.8. The van der Waals surface area contributed by atoms with Gasteiger partial charge in [-0.1, -0.05) is 18.2 Å². The Hall–Kier alpha value is -3.27. The van der Waals surface area contributed by atoms with Crippen LogP contribution in [0.1, 0.15) is 34.1 Å². The van der Waals surface area contributed by atoms with Gasteiger partial charge in [-0.2, -0.15) is 13.2 Å². The van der Waals surface area contributed by atoms with Gasteiger partial charge >= 0.3 is 12.1 Å². The highest BCUT2D eigenvalue weighted by molar-refractivity contribution is 5.99. The van der Waals surface area contributed by atoms with Crippen LogP contribution in [-0.2, 0) is 10.4 Å². The van der Waals surface area contributed by atoms with Crippen molar-refractivity contribution < 1.29 is 36.7 Å². The quantitative estimate of drug-likeness (QED) is 0.573. The maximum Gasteiger partial charge on any atom is 0.425 e. The lowest BCUT2D eigenvalue weighted by Gasteiger charge is -2.27. The van der Waals surface area contributed by atoms with Crippen molar-refractivity contribution >= 4 is 22.8 Å². The summed E-state index contributed by atoms with van der Waals surface area (Å²) < 4.78 is 50.5. The maximum atomic E-state index is 13.4. The highest BCUT2D eigenvalue weighted by Crippen LogP contribution is 2.42. The lowest BCUT2D eigenvalue weighted by atomic mass is 9.95. The number of amides is 2. The molecule has 1 aromatic carbocycles.